The number of anilines is 2. The Bertz CT molecular complexity index is 3330. The Morgan fingerprint density at radius 1 is 0.871 bits per heavy atom. The molecule has 22 nitrogen and oxygen atoms in total. The van der Waals surface area contributed by atoms with E-state index in [-0.39, 0.29) is 107 Å². The number of amides is 5. The van der Waals surface area contributed by atoms with E-state index in [1.54, 1.807) is 53.5 Å². The van der Waals surface area contributed by atoms with E-state index < -0.39 is 47.1 Å². The standard InChI is InChI=1S/C61H71FN12O10S/c1-39-55(85-38-68-39)41-11-9-40(10-12-41)34-67-59(79)50-32-44(75)36-74(50)60(80)56(61(2,3)4)71-52(76)17-25-82-27-29-84-30-28-83-26-20-65-53(77)37-72-21-23-73(24-22-72)49-31-42(45-35-64-18-15-43(45)33-63)13-14-47(49)70-58(78)48-16-19-66-57(69-48)54-46(62)7-6-8-51(54)81-5/h6-16,18-19,31,35,38,44,50,56,75H,17,20-30,32,34,36-37H2,1-5H3,(H,65,77)(H,67,79)(H,70,78)(H,71,76)/t44-,50+,56-/m1/s1. The van der Waals surface area contributed by atoms with Crippen LogP contribution >= 0.6 is 11.3 Å². The quantitative estimate of drug-likeness (QED) is 0.0426. The lowest BCUT2D eigenvalue weighted by atomic mass is 9.85. The zero-order chi connectivity index (χ0) is 60.5. The molecule has 5 amide bonds. The van der Waals surface area contributed by atoms with Crippen LogP contribution in [0.3, 0.4) is 0 Å². The molecule has 5 heterocycles. The third-order valence-corrected chi connectivity index (χ3v) is 15.4. The molecule has 5 N–H and O–H groups in total. The van der Waals surface area contributed by atoms with E-state index in [9.17, 15) is 38.7 Å². The van der Waals surface area contributed by atoms with Gasteiger partial charge in [-0.3, -0.25) is 33.9 Å². The van der Waals surface area contributed by atoms with Gasteiger partial charge in [0, 0.05) is 82.8 Å². The summed E-state index contributed by atoms with van der Waals surface area (Å²) in [6, 6.07) is 21.0. The van der Waals surface area contributed by atoms with Gasteiger partial charge in [0.2, 0.25) is 23.6 Å². The minimum atomic E-state index is -0.963. The highest BCUT2D eigenvalue weighted by atomic mass is 32.1. The molecule has 3 aromatic heterocycles. The highest BCUT2D eigenvalue weighted by Crippen LogP contribution is 2.35. The van der Waals surface area contributed by atoms with Crippen molar-refractivity contribution in [2.24, 2.45) is 5.41 Å². The molecule has 2 saturated heterocycles. The molecular formula is C61H71FN12O10S. The summed E-state index contributed by atoms with van der Waals surface area (Å²) in [4.78, 5) is 91.1. The molecule has 448 valence electrons. The van der Waals surface area contributed by atoms with E-state index in [2.05, 4.69) is 52.2 Å². The molecule has 3 atom stereocenters. The number of hydrogen-bond acceptors (Lipinski definition) is 18. The lowest BCUT2D eigenvalue weighted by molar-refractivity contribution is -0.144. The summed E-state index contributed by atoms with van der Waals surface area (Å²) in [5, 5.41) is 32.1. The van der Waals surface area contributed by atoms with Crippen molar-refractivity contribution in [1.29, 1.82) is 5.26 Å². The van der Waals surface area contributed by atoms with Crippen LogP contribution in [0.1, 0.15) is 60.9 Å². The third kappa shape index (κ3) is 17.0. The number of nitrogens with one attached hydrogen (secondary N) is 4. The Hall–Kier alpha value is -8.31. The van der Waals surface area contributed by atoms with Crippen LogP contribution in [0.15, 0.2) is 96.9 Å². The number of nitriles is 1. The van der Waals surface area contributed by atoms with Crippen molar-refractivity contribution < 1.29 is 52.4 Å². The number of hydrogen-bond donors (Lipinski definition) is 5. The second kappa shape index (κ2) is 30.0. The highest BCUT2D eigenvalue weighted by Gasteiger charge is 2.44. The number of carbonyl (C=O) groups excluding carboxylic acids is 5. The van der Waals surface area contributed by atoms with E-state index in [1.165, 1.54) is 36.4 Å². The van der Waals surface area contributed by atoms with Crippen LogP contribution in [0.4, 0.5) is 15.8 Å². The molecular weight excluding hydrogens is 1110 g/mol. The summed E-state index contributed by atoms with van der Waals surface area (Å²) < 4.78 is 37.2. The molecule has 0 saturated carbocycles. The van der Waals surface area contributed by atoms with E-state index in [4.69, 9.17) is 18.9 Å². The number of β-amino-alcohol motifs (C(OH)–C–C–N with tert-alkyl or cyclic N) is 1. The first-order chi connectivity index (χ1) is 41.0. The Morgan fingerprint density at radius 2 is 1.60 bits per heavy atom. The van der Waals surface area contributed by atoms with Gasteiger partial charge >= 0.3 is 0 Å². The van der Waals surface area contributed by atoms with Crippen molar-refractivity contribution in [2.75, 3.05) is 103 Å². The van der Waals surface area contributed by atoms with E-state index >= 15 is 0 Å². The number of ether oxygens (including phenoxy) is 4. The second-order valence-corrected chi connectivity index (χ2v) is 22.3. The molecule has 24 heteroatoms. The van der Waals surface area contributed by atoms with E-state index in [0.29, 0.717) is 60.8 Å². The third-order valence-electron chi connectivity index (χ3n) is 14.4. The minimum absolute atomic E-state index is 0.000582. The maximum atomic E-state index is 14.9. The fourth-order valence-corrected chi connectivity index (χ4v) is 10.7. The predicted molar refractivity (Wildman–Crippen MR) is 317 cm³/mol. The monoisotopic (exact) mass is 1180 g/mol. The molecule has 2 aliphatic heterocycles. The van der Waals surface area contributed by atoms with Gasteiger partial charge in [0.25, 0.3) is 5.91 Å². The maximum absolute atomic E-state index is 14.9. The maximum Gasteiger partial charge on any atom is 0.274 e. The van der Waals surface area contributed by atoms with Gasteiger partial charge in [0.15, 0.2) is 5.82 Å². The Morgan fingerprint density at radius 3 is 2.31 bits per heavy atom. The van der Waals surface area contributed by atoms with Crippen LogP contribution < -0.4 is 30.9 Å². The first-order valence-corrected chi connectivity index (χ1v) is 28.9. The molecule has 2 aliphatic rings. The van der Waals surface area contributed by atoms with Gasteiger partial charge in [-0.05, 0) is 65.4 Å². The number of thiazole rings is 1. The zero-order valence-corrected chi connectivity index (χ0v) is 49.1. The van der Waals surface area contributed by atoms with Crippen molar-refractivity contribution in [3.8, 4) is 44.8 Å². The van der Waals surface area contributed by atoms with Gasteiger partial charge in [0.05, 0.1) is 104 Å². The van der Waals surface area contributed by atoms with E-state index in [1.807, 2.05) is 62.9 Å². The number of benzene rings is 3. The van der Waals surface area contributed by atoms with Crippen LogP contribution in [0.2, 0.25) is 0 Å². The number of rotatable bonds is 26. The highest BCUT2D eigenvalue weighted by molar-refractivity contribution is 7.13. The number of methoxy groups -OCH3 is 1. The van der Waals surface area contributed by atoms with Crippen LogP contribution in [-0.4, -0.2) is 175 Å². The fraction of sp³-hybridized carbons (Fsp3) is 0.410. The molecule has 2 fully saturated rings. The topological polar surface area (TPSA) is 276 Å². The van der Waals surface area contributed by atoms with Crippen molar-refractivity contribution in [1.82, 2.24) is 45.7 Å². The normalized spacial score (nSPS) is 15.6. The molecule has 0 spiro atoms. The molecule has 85 heavy (non-hydrogen) atoms. The number of pyridine rings is 1. The number of aliphatic hydroxyl groups is 1. The molecule has 0 unspecified atom stereocenters. The Labute approximate surface area is 497 Å². The minimum Gasteiger partial charge on any atom is -0.496 e. The summed E-state index contributed by atoms with van der Waals surface area (Å²) in [7, 11) is 1.41. The van der Waals surface area contributed by atoms with Crippen LogP contribution in [-0.2, 0) is 39.9 Å². The molecule has 0 aliphatic carbocycles. The Balaban J connectivity index is 0.708. The average molecular weight is 1180 g/mol. The van der Waals surface area contributed by atoms with Gasteiger partial charge in [-0.1, -0.05) is 57.2 Å². The van der Waals surface area contributed by atoms with Gasteiger partial charge in [-0.15, -0.1) is 11.3 Å². The van der Waals surface area contributed by atoms with Crippen LogP contribution in [0, 0.1) is 29.5 Å². The SMILES string of the molecule is COc1cccc(F)c1-c1nccc(C(=O)Nc2ccc(-c3cnccc3C#N)cc2N2CCN(CC(=O)NCCOCCOCCOCCC(=O)N[C@H](C(=O)N3C[C@H](O)C[C@H]3C(=O)NCc3ccc(-c4scnc4C)cc3)C(C)(C)C)CC2)n1. The lowest BCUT2D eigenvalue weighted by Crippen LogP contribution is -2.57. The van der Waals surface area contributed by atoms with Gasteiger partial charge in [-0.2, -0.15) is 5.26 Å². The number of carbonyl (C=O) groups is 5. The van der Waals surface area contributed by atoms with Crippen LogP contribution in [0.25, 0.3) is 33.0 Å². The molecule has 8 rings (SSSR count). The molecule has 0 bridgehead atoms. The van der Waals surface area contributed by atoms with Crippen molar-refractivity contribution in [3.63, 3.8) is 0 Å². The van der Waals surface area contributed by atoms with Gasteiger partial charge in [0.1, 0.15) is 29.3 Å². The number of aliphatic hydroxyl groups excluding tert-OH is 1. The number of halogens is 1. The van der Waals surface area contributed by atoms with Gasteiger partial charge in [-0.25, -0.2) is 19.3 Å². The number of piperazine rings is 1. The van der Waals surface area contributed by atoms with Gasteiger partial charge < -0.3 is 55.1 Å². The second-order valence-electron chi connectivity index (χ2n) is 21.4. The summed E-state index contributed by atoms with van der Waals surface area (Å²) in [5.74, 6) is -2.34. The summed E-state index contributed by atoms with van der Waals surface area (Å²) in [6.07, 6.45) is 3.72. The predicted octanol–water partition coefficient (Wildman–Crippen LogP) is 5.40. The molecule has 6 aromatic rings. The average Bonchev–Trinajstić information content (AvgIpc) is 4.13. The van der Waals surface area contributed by atoms with Crippen molar-refractivity contribution in [3.05, 3.63) is 125 Å². The van der Waals surface area contributed by atoms with Crippen molar-refractivity contribution >= 4 is 52.2 Å². The molecule has 3 aromatic carbocycles. The lowest BCUT2D eigenvalue weighted by Gasteiger charge is -2.36. The largest absolute Gasteiger partial charge is 0.496 e. The molecule has 0 radical (unpaired) electrons. The number of aromatic nitrogens is 4. The summed E-state index contributed by atoms with van der Waals surface area (Å²) in [6.45, 7) is 11.6. The fourth-order valence-electron chi connectivity index (χ4n) is 9.86. The summed E-state index contributed by atoms with van der Waals surface area (Å²) >= 11 is 1.56. The first-order valence-electron chi connectivity index (χ1n) is 28.0. The Kier molecular flexibility index (Phi) is 22.1. The number of likely N-dealkylation sites (tertiary alicyclic amines) is 1. The smallest absolute Gasteiger partial charge is 0.274 e. The van der Waals surface area contributed by atoms with Crippen molar-refractivity contribution in [2.45, 2.75) is 65.3 Å². The zero-order valence-electron chi connectivity index (χ0n) is 48.3. The van der Waals surface area contributed by atoms with E-state index in [0.717, 1.165) is 21.7 Å². The number of aryl methyl sites for hydroxylation is 1. The summed E-state index contributed by atoms with van der Waals surface area (Å²) in [5.41, 5.74) is 6.92. The number of nitrogens with zero attached hydrogens (tertiary/aromatic N) is 8. The first kappa shape index (κ1) is 62.7. The van der Waals surface area contributed by atoms with Crippen LogP contribution in [0.5, 0.6) is 5.75 Å².